The van der Waals surface area contributed by atoms with Crippen molar-refractivity contribution < 1.29 is 62.8 Å². The van der Waals surface area contributed by atoms with Crippen LogP contribution in [0.4, 0.5) is 0 Å². The summed E-state index contributed by atoms with van der Waals surface area (Å²) in [6.07, 6.45) is 3.81. The van der Waals surface area contributed by atoms with Crippen molar-refractivity contribution in [2.24, 2.45) is 22.7 Å². The van der Waals surface area contributed by atoms with E-state index in [1.165, 1.54) is 23.9 Å². The van der Waals surface area contributed by atoms with Gasteiger partial charge in [-0.1, -0.05) is 109 Å². The third-order valence-electron chi connectivity index (χ3n) is 10.1. The van der Waals surface area contributed by atoms with E-state index in [4.69, 9.17) is 88.9 Å². The zero-order valence-corrected chi connectivity index (χ0v) is 45.3. The fourth-order valence-corrected chi connectivity index (χ4v) is 6.21. The first-order chi connectivity index (χ1) is 31.5. The molecule has 2 aliphatic rings. The van der Waals surface area contributed by atoms with Crippen LogP contribution >= 0.6 is 69.6 Å². The first-order valence-electron chi connectivity index (χ1n) is 22.1. The van der Waals surface area contributed by atoms with Crippen LogP contribution in [-0.4, -0.2) is 138 Å². The van der Waals surface area contributed by atoms with E-state index >= 15 is 0 Å². The summed E-state index contributed by atoms with van der Waals surface area (Å²) < 4.78 is 11.9. The van der Waals surface area contributed by atoms with Crippen molar-refractivity contribution in [1.29, 1.82) is 0 Å². The quantitative estimate of drug-likeness (QED) is 0.0395. The average molecular weight is 1100 g/mol. The van der Waals surface area contributed by atoms with E-state index in [0.717, 1.165) is 0 Å². The van der Waals surface area contributed by atoms with Crippen molar-refractivity contribution in [3.8, 4) is 0 Å². The van der Waals surface area contributed by atoms with Crippen molar-refractivity contribution in [3.05, 3.63) is 25.3 Å². The second-order valence-electron chi connectivity index (χ2n) is 18.4. The van der Waals surface area contributed by atoms with Crippen LogP contribution in [0.5, 0.6) is 0 Å². The number of amides is 4. The minimum atomic E-state index is -1.74. The van der Waals surface area contributed by atoms with Crippen LogP contribution in [0.15, 0.2) is 25.3 Å². The molecule has 2 aliphatic heterocycles. The number of hydrazine groups is 2. The Hall–Kier alpha value is -3.14. The van der Waals surface area contributed by atoms with Crippen LogP contribution in [0.1, 0.15) is 108 Å². The molecule has 0 bridgehead atoms. The maximum Gasteiger partial charge on any atom is 0.325 e. The molecule has 0 radical (unpaired) electrons. The summed E-state index contributed by atoms with van der Waals surface area (Å²) in [4.78, 5) is 97.2. The van der Waals surface area contributed by atoms with Gasteiger partial charge in [0.05, 0.1) is 10.8 Å². The van der Waals surface area contributed by atoms with Gasteiger partial charge in [-0.05, 0) is 91.9 Å². The molecule has 6 atom stereocenters. The molecule has 2 fully saturated rings. The maximum atomic E-state index is 12.9. The van der Waals surface area contributed by atoms with Gasteiger partial charge in [-0.15, -0.1) is 13.2 Å². The van der Waals surface area contributed by atoms with Gasteiger partial charge in [-0.25, -0.2) is 10.9 Å². The van der Waals surface area contributed by atoms with Gasteiger partial charge in [0.15, 0.2) is 6.10 Å². The van der Waals surface area contributed by atoms with Crippen LogP contribution < -0.4 is 21.5 Å². The number of halogens is 6. The first-order valence-corrected chi connectivity index (χ1v) is 24.4. The molecule has 25 heteroatoms. The van der Waals surface area contributed by atoms with Crippen molar-refractivity contribution in [2.45, 2.75) is 152 Å². The molecule has 0 spiro atoms. The Morgan fingerprint density at radius 1 is 0.667 bits per heavy atom. The van der Waals surface area contributed by atoms with E-state index in [-0.39, 0.29) is 11.8 Å². The number of carboxylic acid groups (broad SMARTS) is 1. The normalized spacial score (nSPS) is 18.3. The van der Waals surface area contributed by atoms with E-state index in [1.54, 1.807) is 67.5 Å². The predicted molar refractivity (Wildman–Crippen MR) is 264 cm³/mol. The minimum Gasteiger partial charge on any atom is -0.481 e. The fourth-order valence-electron chi connectivity index (χ4n) is 5.88. The molecule has 0 unspecified atom stereocenters. The molecular weight excluding hydrogens is 1030 g/mol. The van der Waals surface area contributed by atoms with E-state index in [0.29, 0.717) is 51.6 Å². The highest BCUT2D eigenvalue weighted by Gasteiger charge is 2.38. The number of ether oxygens (including phenoxy) is 3. The summed E-state index contributed by atoms with van der Waals surface area (Å²) in [6, 6.07) is -3.38. The zero-order valence-electron chi connectivity index (χ0n) is 40.8. The Bertz CT molecular complexity index is 1780. The van der Waals surface area contributed by atoms with Gasteiger partial charge in [-0.3, -0.25) is 48.4 Å². The Morgan fingerprint density at radius 3 is 1.36 bits per heavy atom. The number of hydrogen-bond acceptors (Lipinski definition) is 14. The monoisotopic (exact) mass is 1100 g/mol. The molecule has 69 heavy (non-hydrogen) atoms. The highest BCUT2D eigenvalue weighted by Crippen LogP contribution is 2.28. The topological polar surface area (TPSA) is 259 Å². The second-order valence-corrected chi connectivity index (χ2v) is 23.4. The molecule has 0 aromatic carbocycles. The van der Waals surface area contributed by atoms with E-state index in [1.807, 2.05) is 0 Å². The first kappa shape index (κ1) is 65.9. The summed E-state index contributed by atoms with van der Waals surface area (Å²) in [5, 5.41) is 25.8. The molecular formula is C44H70Cl6N6O13. The molecule has 0 aromatic heterocycles. The number of aliphatic hydroxyl groups excluding tert-OH is 1. The van der Waals surface area contributed by atoms with Gasteiger partial charge >= 0.3 is 23.9 Å². The number of nitrogens with zero attached hydrogens (tertiary/aromatic N) is 2. The molecule has 2 heterocycles. The summed E-state index contributed by atoms with van der Waals surface area (Å²) in [5.74, 6) is -5.32. The number of alkyl halides is 6. The van der Waals surface area contributed by atoms with E-state index < -0.39 is 116 Å². The number of rotatable bonds is 19. The number of allylic oxidation sites excluding steroid dienone is 2. The number of nitrogens with one attached hydrogen (secondary N) is 4. The number of aliphatic carboxylic acids is 1. The summed E-state index contributed by atoms with van der Waals surface area (Å²) in [5.41, 5.74) is 4.07. The molecule has 2 rings (SSSR count). The Labute approximate surface area is 435 Å². The summed E-state index contributed by atoms with van der Waals surface area (Å²) in [6.45, 7) is 23.6. The number of carbonyl (C=O) groups is 8. The molecule has 0 saturated carbocycles. The largest absolute Gasteiger partial charge is 0.481 e. The third kappa shape index (κ3) is 25.2. The lowest BCUT2D eigenvalue weighted by Crippen LogP contribution is -2.60. The lowest BCUT2D eigenvalue weighted by atomic mass is 9.89. The molecule has 0 aromatic rings. The van der Waals surface area contributed by atoms with Gasteiger partial charge in [0, 0.05) is 13.1 Å². The van der Waals surface area contributed by atoms with Crippen molar-refractivity contribution in [3.63, 3.8) is 0 Å². The standard InChI is InChI=1S/C22H34Cl3N3O6.C15H24Cl3N3O5.C7H12O2/c1-7-10-21(5,6)20(32)34-16(13(2)3)17(29)26-14(4)18(30)28-11-8-9-15(27-28)19(31)33-12-22(23,24)25;1-8(2)11(22)12(23)19-9(3)13(24)21-6-4-5-10(20-21)14(25)26-7-15(16,17)18;1-4-5-7(2,3)6(8)9/h7,13-16,27H,1,8-12H2,2-6H3,(H,26,29);8-11,20,22H,4-7H2,1-3H3,(H,19,23);4H,1,5H2,2-3H3,(H,8,9)/t14-,15-,16-;9-,10-,11-;/m00./s1. The smallest absolute Gasteiger partial charge is 0.325 e. The highest BCUT2D eigenvalue weighted by molar-refractivity contribution is 6.68. The molecule has 4 amide bonds. The van der Waals surface area contributed by atoms with E-state index in [9.17, 15) is 43.5 Å². The third-order valence-corrected chi connectivity index (χ3v) is 10.8. The van der Waals surface area contributed by atoms with E-state index in [2.05, 4.69) is 34.6 Å². The van der Waals surface area contributed by atoms with Gasteiger partial charge < -0.3 is 35.1 Å². The summed E-state index contributed by atoms with van der Waals surface area (Å²) in [7, 11) is 0. The molecule has 6 N–H and O–H groups in total. The van der Waals surface area contributed by atoms with Crippen LogP contribution in [0.3, 0.4) is 0 Å². The van der Waals surface area contributed by atoms with Gasteiger partial charge in [0.2, 0.25) is 13.5 Å². The van der Waals surface area contributed by atoms with Gasteiger partial charge in [-0.2, -0.15) is 0 Å². The number of hydrogen-bond donors (Lipinski definition) is 6. The predicted octanol–water partition coefficient (Wildman–Crippen LogP) is 5.66. The molecule has 396 valence electrons. The fraction of sp³-hybridized carbons (Fsp3) is 0.727. The molecule has 2 saturated heterocycles. The number of esters is 3. The van der Waals surface area contributed by atoms with Crippen molar-refractivity contribution in [2.75, 3.05) is 26.3 Å². The number of carbonyl (C=O) groups excluding carboxylic acids is 7. The van der Waals surface area contributed by atoms with Crippen molar-refractivity contribution in [1.82, 2.24) is 31.5 Å². The maximum absolute atomic E-state index is 12.9. The Balaban J connectivity index is 0.00000116. The van der Waals surface area contributed by atoms with Gasteiger partial charge in [0.1, 0.15) is 43.5 Å². The SMILES string of the molecule is C=CCC(C)(C)C(=O)O.C=CCC(C)(C)C(=O)O[C@H](C(=O)N[C@@H](C)C(=O)N1CCC[C@@H](C(=O)OCC(Cl)(Cl)Cl)N1)C(C)C.CC(C)[C@H](O)C(=O)N[C@@H](C)C(=O)N1CCC[C@@H](C(=O)OCC(Cl)(Cl)Cl)N1. The van der Waals surface area contributed by atoms with Gasteiger partial charge in [0.25, 0.3) is 17.7 Å². The number of aliphatic hydroxyl groups is 1. The van der Waals surface area contributed by atoms with Crippen LogP contribution in [0.2, 0.25) is 0 Å². The minimum absolute atomic E-state index is 0.275. The van der Waals surface area contributed by atoms with Crippen LogP contribution in [0.25, 0.3) is 0 Å². The Morgan fingerprint density at radius 2 is 1.04 bits per heavy atom. The van der Waals surface area contributed by atoms with Crippen molar-refractivity contribution >= 4 is 117 Å². The van der Waals surface area contributed by atoms with Crippen LogP contribution in [0, 0.1) is 22.7 Å². The van der Waals surface area contributed by atoms with Crippen LogP contribution in [-0.2, 0) is 52.6 Å². The lowest BCUT2D eigenvalue weighted by molar-refractivity contribution is -0.167. The zero-order chi connectivity index (χ0) is 53.8. The highest BCUT2D eigenvalue weighted by atomic mass is 35.6. The molecule has 0 aliphatic carbocycles. The molecule has 19 nitrogen and oxygen atoms in total. The second kappa shape index (κ2) is 30.0. The lowest BCUT2D eigenvalue weighted by Gasteiger charge is -2.34. The number of carboxylic acids is 1. The Kier molecular flexibility index (Phi) is 28.7. The average Bonchev–Trinajstić information content (AvgIpc) is 3.25. The summed E-state index contributed by atoms with van der Waals surface area (Å²) >= 11 is 33.4.